The van der Waals surface area contributed by atoms with Crippen molar-refractivity contribution in [2.24, 2.45) is 0 Å². The number of rotatable bonds is 8. The molecule has 2 N–H and O–H groups in total. The number of urea groups is 1. The first-order valence-corrected chi connectivity index (χ1v) is 14.1. The molecule has 0 aliphatic heterocycles. The maximum atomic E-state index is 13.4. The van der Waals surface area contributed by atoms with Crippen molar-refractivity contribution in [1.29, 1.82) is 0 Å². The summed E-state index contributed by atoms with van der Waals surface area (Å²) >= 11 is 8.09. The Morgan fingerprint density at radius 3 is 2.26 bits per heavy atom. The molecule has 0 saturated heterocycles. The van der Waals surface area contributed by atoms with E-state index < -0.39 is 0 Å². The Balaban J connectivity index is 1.58. The molecule has 4 aromatic rings. The number of nitrogens with one attached hydrogen (secondary N) is 2. The molecular weight excluding hydrogens is 530 g/mol. The molecule has 0 aliphatic carbocycles. The van der Waals surface area contributed by atoms with E-state index in [2.05, 4.69) is 31.4 Å². The second kappa shape index (κ2) is 12.4. The lowest BCUT2D eigenvalue weighted by molar-refractivity contribution is -0.116. The van der Waals surface area contributed by atoms with Crippen LogP contribution in [0.5, 0.6) is 0 Å². The second-order valence-electron chi connectivity index (χ2n) is 10.1. The summed E-state index contributed by atoms with van der Waals surface area (Å²) in [5.74, 6) is 0.123. The Labute approximate surface area is 238 Å². The number of halogens is 1. The van der Waals surface area contributed by atoms with Crippen LogP contribution in [0.2, 0.25) is 5.02 Å². The van der Waals surface area contributed by atoms with Crippen molar-refractivity contribution in [2.75, 3.05) is 23.4 Å². The molecule has 39 heavy (non-hydrogen) atoms. The maximum absolute atomic E-state index is 13.4. The molecule has 0 atom stereocenters. The first-order chi connectivity index (χ1) is 18.6. The van der Waals surface area contributed by atoms with E-state index in [0.29, 0.717) is 22.2 Å². The van der Waals surface area contributed by atoms with E-state index in [0.717, 1.165) is 16.2 Å². The average Bonchev–Trinajstić information content (AvgIpc) is 3.33. The summed E-state index contributed by atoms with van der Waals surface area (Å²) in [6.45, 7) is 6.25. The number of hydrogen-bond donors (Lipinski definition) is 2. The molecule has 3 aromatic carbocycles. The fourth-order valence-corrected chi connectivity index (χ4v) is 4.50. The molecule has 1 heterocycles. The van der Waals surface area contributed by atoms with Crippen LogP contribution in [0.25, 0.3) is 5.69 Å². The van der Waals surface area contributed by atoms with Gasteiger partial charge in [-0.3, -0.25) is 4.79 Å². The molecule has 0 spiro atoms. The third kappa shape index (κ3) is 7.43. The number of para-hydroxylation sites is 1. The van der Waals surface area contributed by atoms with E-state index in [1.54, 1.807) is 22.5 Å². The van der Waals surface area contributed by atoms with Crippen molar-refractivity contribution in [3.8, 4) is 5.69 Å². The van der Waals surface area contributed by atoms with Crippen molar-refractivity contribution < 1.29 is 9.59 Å². The first-order valence-electron chi connectivity index (χ1n) is 12.5. The summed E-state index contributed by atoms with van der Waals surface area (Å²) in [7, 11) is 0. The third-order valence-corrected chi connectivity index (χ3v) is 7.07. The number of carbonyl (C=O) groups excluding carboxylic acids is 2. The molecule has 4 rings (SSSR count). The summed E-state index contributed by atoms with van der Waals surface area (Å²) in [5, 5.41) is 11.1. The molecular formula is C30H32ClN5O2S. The lowest BCUT2D eigenvalue weighted by Gasteiger charge is -2.23. The predicted octanol–water partition coefficient (Wildman–Crippen LogP) is 7.22. The number of amides is 3. The van der Waals surface area contributed by atoms with E-state index in [9.17, 15) is 9.59 Å². The minimum atomic E-state index is -0.374. The lowest BCUT2D eigenvalue weighted by Crippen LogP contribution is -2.40. The largest absolute Gasteiger partial charge is 0.322 e. The van der Waals surface area contributed by atoms with E-state index >= 15 is 0 Å². The van der Waals surface area contributed by atoms with Crippen LogP contribution < -0.4 is 10.6 Å². The van der Waals surface area contributed by atoms with Crippen LogP contribution >= 0.6 is 23.4 Å². The van der Waals surface area contributed by atoms with Gasteiger partial charge in [0.25, 0.3) is 0 Å². The monoisotopic (exact) mass is 561 g/mol. The number of carbonyl (C=O) groups is 2. The van der Waals surface area contributed by atoms with Gasteiger partial charge in [-0.05, 0) is 48.2 Å². The third-order valence-electron chi connectivity index (χ3n) is 6.01. The molecule has 7 nitrogen and oxygen atoms in total. The lowest BCUT2D eigenvalue weighted by atomic mass is 9.92. The Hall–Kier alpha value is -3.75. The van der Waals surface area contributed by atoms with E-state index in [1.807, 2.05) is 85.1 Å². The molecule has 0 saturated carbocycles. The van der Waals surface area contributed by atoms with Gasteiger partial charge in [0.2, 0.25) is 5.91 Å². The Bertz CT molecular complexity index is 1430. The van der Waals surface area contributed by atoms with Gasteiger partial charge < -0.3 is 15.5 Å². The molecule has 3 amide bonds. The van der Waals surface area contributed by atoms with Gasteiger partial charge in [-0.15, -0.1) is 11.8 Å². The molecule has 0 bridgehead atoms. The van der Waals surface area contributed by atoms with Crippen LogP contribution in [0.4, 0.5) is 16.3 Å². The highest BCUT2D eigenvalue weighted by Gasteiger charge is 2.24. The molecule has 0 aliphatic rings. The fourth-order valence-electron chi connectivity index (χ4n) is 3.88. The van der Waals surface area contributed by atoms with E-state index in [4.69, 9.17) is 16.7 Å². The van der Waals surface area contributed by atoms with Gasteiger partial charge in [0.05, 0.1) is 16.4 Å². The van der Waals surface area contributed by atoms with Gasteiger partial charge in [-0.25, -0.2) is 9.48 Å². The van der Waals surface area contributed by atoms with Gasteiger partial charge in [0.1, 0.15) is 12.4 Å². The van der Waals surface area contributed by atoms with Crippen LogP contribution in [-0.4, -0.2) is 39.4 Å². The SMILES string of the molecule is CSc1ccc(NC(=O)N(CC(=O)Nc2cc(C(C)(C)C)nn2-c2ccccc2Cl)Cc2ccccc2)cc1. The zero-order chi connectivity index (χ0) is 28.0. The fraction of sp³-hybridized carbons (Fsp3) is 0.233. The number of benzene rings is 3. The van der Waals surface area contributed by atoms with Crippen LogP contribution in [-0.2, 0) is 16.8 Å². The van der Waals surface area contributed by atoms with Crippen LogP contribution in [0.1, 0.15) is 32.0 Å². The van der Waals surface area contributed by atoms with Gasteiger partial charge in [0.15, 0.2) is 0 Å². The minimum absolute atomic E-state index is 0.165. The Morgan fingerprint density at radius 2 is 1.62 bits per heavy atom. The van der Waals surface area contributed by atoms with Crippen LogP contribution in [0.3, 0.4) is 0 Å². The van der Waals surface area contributed by atoms with Crippen molar-refractivity contribution in [3.05, 3.63) is 101 Å². The second-order valence-corrected chi connectivity index (χ2v) is 11.4. The maximum Gasteiger partial charge on any atom is 0.322 e. The Morgan fingerprint density at radius 1 is 0.949 bits per heavy atom. The first kappa shape index (κ1) is 28.3. The number of anilines is 2. The van der Waals surface area contributed by atoms with Crippen LogP contribution in [0, 0.1) is 0 Å². The molecule has 0 radical (unpaired) electrons. The highest BCUT2D eigenvalue weighted by Crippen LogP contribution is 2.29. The number of nitrogens with zero attached hydrogens (tertiary/aromatic N) is 3. The van der Waals surface area contributed by atoms with Gasteiger partial charge in [-0.2, -0.15) is 5.10 Å². The summed E-state index contributed by atoms with van der Waals surface area (Å²) in [6.07, 6.45) is 2.00. The standard InChI is InChI=1S/C30H32ClN5O2S/c1-30(2,3)26-18-27(36(34-26)25-13-9-8-12-24(25)31)33-28(37)20-35(19-21-10-6-5-7-11-21)29(38)32-22-14-16-23(39-4)17-15-22/h5-18H,19-20H2,1-4H3,(H,32,38)(H,33,37). The van der Waals surface area contributed by atoms with E-state index in [1.165, 1.54) is 4.90 Å². The summed E-state index contributed by atoms with van der Waals surface area (Å²) in [4.78, 5) is 29.3. The van der Waals surface area contributed by atoms with Crippen LogP contribution in [0.15, 0.2) is 89.8 Å². The quantitative estimate of drug-likeness (QED) is 0.223. The summed E-state index contributed by atoms with van der Waals surface area (Å²) in [5.41, 5.74) is 2.76. The van der Waals surface area contributed by atoms with Gasteiger partial charge >= 0.3 is 6.03 Å². The molecule has 9 heteroatoms. The minimum Gasteiger partial charge on any atom is -0.311 e. The molecule has 1 aromatic heterocycles. The number of aromatic nitrogens is 2. The normalized spacial score (nSPS) is 11.2. The molecule has 0 fully saturated rings. The molecule has 202 valence electrons. The summed E-state index contributed by atoms with van der Waals surface area (Å²) in [6, 6.07) is 25.9. The Kier molecular flexibility index (Phi) is 8.99. The smallest absolute Gasteiger partial charge is 0.311 e. The summed E-state index contributed by atoms with van der Waals surface area (Å²) < 4.78 is 1.63. The van der Waals surface area contributed by atoms with Gasteiger partial charge in [0, 0.05) is 28.6 Å². The van der Waals surface area contributed by atoms with Crippen molar-refractivity contribution in [1.82, 2.24) is 14.7 Å². The average molecular weight is 562 g/mol. The van der Waals surface area contributed by atoms with Crippen molar-refractivity contribution >= 4 is 46.8 Å². The molecule has 0 unspecified atom stereocenters. The van der Waals surface area contributed by atoms with E-state index in [-0.39, 0.29) is 30.4 Å². The van der Waals surface area contributed by atoms with Crippen molar-refractivity contribution in [3.63, 3.8) is 0 Å². The highest BCUT2D eigenvalue weighted by atomic mass is 35.5. The number of thioether (sulfide) groups is 1. The zero-order valence-corrected chi connectivity index (χ0v) is 24.0. The van der Waals surface area contributed by atoms with Crippen molar-refractivity contribution in [2.45, 2.75) is 37.6 Å². The number of hydrogen-bond acceptors (Lipinski definition) is 4. The highest BCUT2D eigenvalue weighted by molar-refractivity contribution is 7.98. The van der Waals surface area contributed by atoms with Gasteiger partial charge in [-0.1, -0.05) is 74.8 Å². The predicted molar refractivity (Wildman–Crippen MR) is 160 cm³/mol. The zero-order valence-electron chi connectivity index (χ0n) is 22.4. The topological polar surface area (TPSA) is 79.3 Å².